The predicted octanol–water partition coefficient (Wildman–Crippen LogP) is 1.30. The highest BCUT2D eigenvalue weighted by Gasteiger charge is 2.15. The molecule has 1 amide bonds. The zero-order chi connectivity index (χ0) is 11.4. The van der Waals surface area contributed by atoms with E-state index in [0.717, 1.165) is 5.56 Å². The molecule has 1 rings (SSSR count). The smallest absolute Gasteiger partial charge is 0.236 e. The number of likely N-dealkylation sites (N-methyl/N-ethyl adjacent to an activating group) is 1. The maximum atomic E-state index is 12.7. The normalized spacial score (nSPS) is 12.3. The second kappa shape index (κ2) is 4.89. The molecule has 0 fully saturated rings. The Bertz CT molecular complexity index is 337. The lowest BCUT2D eigenvalue weighted by atomic mass is 10.1. The zero-order valence-electron chi connectivity index (χ0n) is 8.90. The van der Waals surface area contributed by atoms with E-state index in [1.54, 1.807) is 24.1 Å². The summed E-state index contributed by atoms with van der Waals surface area (Å²) in [6, 6.07) is 6.00. The van der Waals surface area contributed by atoms with Crippen LogP contribution in [0.15, 0.2) is 24.3 Å². The van der Waals surface area contributed by atoms with Gasteiger partial charge in [-0.25, -0.2) is 4.39 Å². The monoisotopic (exact) mass is 210 g/mol. The quantitative estimate of drug-likeness (QED) is 0.817. The number of benzene rings is 1. The average Bonchev–Trinajstić information content (AvgIpc) is 2.27. The Labute approximate surface area is 88.7 Å². The second-order valence-corrected chi connectivity index (χ2v) is 3.44. The van der Waals surface area contributed by atoms with Crippen molar-refractivity contribution >= 4 is 5.91 Å². The van der Waals surface area contributed by atoms with E-state index in [1.807, 2.05) is 6.92 Å². The van der Waals surface area contributed by atoms with Crippen LogP contribution in [0.4, 0.5) is 4.39 Å². The Kier molecular flexibility index (Phi) is 3.80. The van der Waals surface area contributed by atoms with Gasteiger partial charge in [0.25, 0.3) is 0 Å². The highest BCUT2D eigenvalue weighted by Crippen LogP contribution is 2.18. The molecule has 2 N–H and O–H groups in total. The van der Waals surface area contributed by atoms with E-state index >= 15 is 0 Å². The minimum absolute atomic E-state index is 0.0119. The molecule has 0 aromatic heterocycles. The third-order valence-electron chi connectivity index (χ3n) is 2.50. The van der Waals surface area contributed by atoms with Crippen LogP contribution in [0.1, 0.15) is 18.5 Å². The standard InChI is InChI=1S/C11H15FN2O/c1-8(14(2)11(15)7-13)9-3-5-10(12)6-4-9/h3-6,8H,7,13H2,1-2H3/t8-/m1/s1. The largest absolute Gasteiger partial charge is 0.338 e. The molecule has 0 aliphatic rings. The van der Waals surface area contributed by atoms with Crippen molar-refractivity contribution in [2.24, 2.45) is 5.73 Å². The van der Waals surface area contributed by atoms with Crippen LogP contribution >= 0.6 is 0 Å². The van der Waals surface area contributed by atoms with E-state index in [4.69, 9.17) is 5.73 Å². The van der Waals surface area contributed by atoms with Gasteiger partial charge >= 0.3 is 0 Å². The lowest BCUT2D eigenvalue weighted by Crippen LogP contribution is -2.34. The molecule has 15 heavy (non-hydrogen) atoms. The van der Waals surface area contributed by atoms with Gasteiger partial charge in [0, 0.05) is 7.05 Å². The van der Waals surface area contributed by atoms with Crippen molar-refractivity contribution in [2.75, 3.05) is 13.6 Å². The van der Waals surface area contributed by atoms with Crippen molar-refractivity contribution < 1.29 is 9.18 Å². The summed E-state index contributed by atoms with van der Waals surface area (Å²) in [5.74, 6) is -0.412. The molecule has 0 heterocycles. The Morgan fingerprint density at radius 3 is 2.47 bits per heavy atom. The third kappa shape index (κ3) is 2.76. The van der Waals surface area contributed by atoms with Crippen LogP contribution in [0.5, 0.6) is 0 Å². The molecule has 1 atom stereocenters. The van der Waals surface area contributed by atoms with Gasteiger partial charge in [0.2, 0.25) is 5.91 Å². The van der Waals surface area contributed by atoms with E-state index in [2.05, 4.69) is 0 Å². The number of hydrogen-bond acceptors (Lipinski definition) is 2. The number of hydrogen-bond donors (Lipinski definition) is 1. The van der Waals surface area contributed by atoms with Crippen LogP contribution < -0.4 is 5.73 Å². The molecule has 0 radical (unpaired) electrons. The van der Waals surface area contributed by atoms with Gasteiger partial charge in [-0.1, -0.05) is 12.1 Å². The van der Waals surface area contributed by atoms with Crippen molar-refractivity contribution in [2.45, 2.75) is 13.0 Å². The summed E-state index contributed by atoms with van der Waals surface area (Å²) in [6.45, 7) is 1.86. The number of carbonyl (C=O) groups is 1. The number of nitrogens with two attached hydrogens (primary N) is 1. The van der Waals surface area contributed by atoms with Crippen LogP contribution in [0.2, 0.25) is 0 Å². The molecule has 1 aromatic rings. The van der Waals surface area contributed by atoms with Crippen molar-refractivity contribution in [1.82, 2.24) is 4.90 Å². The Hall–Kier alpha value is -1.42. The fourth-order valence-electron chi connectivity index (χ4n) is 1.32. The van der Waals surface area contributed by atoms with E-state index < -0.39 is 0 Å². The first-order valence-corrected chi connectivity index (χ1v) is 4.77. The Morgan fingerprint density at radius 1 is 1.47 bits per heavy atom. The van der Waals surface area contributed by atoms with Crippen molar-refractivity contribution in [3.63, 3.8) is 0 Å². The van der Waals surface area contributed by atoms with Crippen molar-refractivity contribution in [3.8, 4) is 0 Å². The molecule has 0 bridgehead atoms. The Balaban J connectivity index is 2.80. The van der Waals surface area contributed by atoms with Gasteiger partial charge in [0.05, 0.1) is 12.6 Å². The zero-order valence-corrected chi connectivity index (χ0v) is 8.90. The van der Waals surface area contributed by atoms with E-state index in [0.29, 0.717) is 0 Å². The molecule has 4 heteroatoms. The van der Waals surface area contributed by atoms with Gasteiger partial charge in [-0.15, -0.1) is 0 Å². The predicted molar refractivity (Wildman–Crippen MR) is 56.6 cm³/mol. The minimum atomic E-state index is -0.279. The number of carbonyl (C=O) groups excluding carboxylic acids is 1. The van der Waals surface area contributed by atoms with Crippen LogP contribution in [-0.2, 0) is 4.79 Å². The summed E-state index contributed by atoms with van der Waals surface area (Å²) in [4.78, 5) is 12.9. The molecule has 0 saturated carbocycles. The van der Waals surface area contributed by atoms with Crippen molar-refractivity contribution in [3.05, 3.63) is 35.6 Å². The molecule has 1 aromatic carbocycles. The van der Waals surface area contributed by atoms with Crippen molar-refractivity contribution in [1.29, 1.82) is 0 Å². The molecule has 3 nitrogen and oxygen atoms in total. The van der Waals surface area contributed by atoms with Gasteiger partial charge in [-0.2, -0.15) is 0 Å². The molecule has 82 valence electrons. The first kappa shape index (κ1) is 11.7. The average molecular weight is 210 g/mol. The summed E-state index contributed by atoms with van der Waals surface area (Å²) in [5.41, 5.74) is 6.15. The molecule has 0 aliphatic heterocycles. The second-order valence-electron chi connectivity index (χ2n) is 3.44. The van der Waals surface area contributed by atoms with Crippen LogP contribution in [0.3, 0.4) is 0 Å². The van der Waals surface area contributed by atoms with E-state index in [9.17, 15) is 9.18 Å². The first-order chi connectivity index (χ1) is 7.06. The molecule has 0 aliphatic carbocycles. The number of nitrogens with zero attached hydrogens (tertiary/aromatic N) is 1. The van der Waals surface area contributed by atoms with Crippen LogP contribution in [0, 0.1) is 5.82 Å². The summed E-state index contributed by atoms with van der Waals surface area (Å²) < 4.78 is 12.7. The van der Waals surface area contributed by atoms with Gasteiger partial charge in [-0.3, -0.25) is 4.79 Å². The molecular formula is C11H15FN2O. The maximum absolute atomic E-state index is 12.7. The summed E-state index contributed by atoms with van der Waals surface area (Å²) in [7, 11) is 1.68. The summed E-state index contributed by atoms with van der Waals surface area (Å²) in [6.07, 6.45) is 0. The first-order valence-electron chi connectivity index (χ1n) is 4.77. The van der Waals surface area contributed by atoms with Crippen LogP contribution in [0.25, 0.3) is 0 Å². The summed E-state index contributed by atoms with van der Waals surface area (Å²) >= 11 is 0. The van der Waals surface area contributed by atoms with Gasteiger partial charge in [-0.05, 0) is 24.6 Å². The molecule has 0 unspecified atom stereocenters. The number of rotatable bonds is 3. The fourth-order valence-corrected chi connectivity index (χ4v) is 1.32. The third-order valence-corrected chi connectivity index (χ3v) is 2.50. The molecule has 0 spiro atoms. The van der Waals surface area contributed by atoms with E-state index in [-0.39, 0.29) is 24.3 Å². The topological polar surface area (TPSA) is 46.3 Å². The highest BCUT2D eigenvalue weighted by atomic mass is 19.1. The molecular weight excluding hydrogens is 195 g/mol. The Morgan fingerprint density at radius 2 is 2.00 bits per heavy atom. The lowest BCUT2D eigenvalue weighted by molar-refractivity contribution is -0.130. The molecule has 0 saturated heterocycles. The summed E-state index contributed by atoms with van der Waals surface area (Å²) in [5, 5.41) is 0. The number of amides is 1. The van der Waals surface area contributed by atoms with Gasteiger partial charge in [0.15, 0.2) is 0 Å². The maximum Gasteiger partial charge on any atom is 0.236 e. The fraction of sp³-hybridized carbons (Fsp3) is 0.364. The minimum Gasteiger partial charge on any atom is -0.338 e. The lowest BCUT2D eigenvalue weighted by Gasteiger charge is -2.24. The van der Waals surface area contributed by atoms with E-state index in [1.165, 1.54) is 12.1 Å². The van der Waals surface area contributed by atoms with Gasteiger partial charge < -0.3 is 10.6 Å². The number of halogens is 1. The SMILES string of the molecule is C[C@H](c1ccc(F)cc1)N(C)C(=O)CN. The highest BCUT2D eigenvalue weighted by molar-refractivity contribution is 5.78. The van der Waals surface area contributed by atoms with Gasteiger partial charge in [0.1, 0.15) is 5.82 Å². The van der Waals surface area contributed by atoms with Crippen LogP contribution in [-0.4, -0.2) is 24.4 Å².